The van der Waals surface area contributed by atoms with E-state index in [0.717, 1.165) is 43.0 Å². The van der Waals surface area contributed by atoms with Crippen LogP contribution in [0.5, 0.6) is 0 Å². The average Bonchev–Trinajstić information content (AvgIpc) is 3.60. The summed E-state index contributed by atoms with van der Waals surface area (Å²) in [6, 6.07) is 0. The molecule has 0 bridgehead atoms. The molecule has 3 aliphatic rings. The number of aliphatic hydroxyl groups excluding tert-OH is 1. The van der Waals surface area contributed by atoms with Gasteiger partial charge in [-0.1, -0.05) is 6.08 Å². The topological polar surface area (TPSA) is 104 Å². The average molecular weight is 455 g/mol. The molecular formula is C23H30N6O2S. The van der Waals surface area contributed by atoms with Crippen molar-refractivity contribution in [1.82, 2.24) is 19.9 Å². The Labute approximate surface area is 191 Å². The standard InChI is InChI=1S/C23H30N6O2S/c1-23(2,14-30)28-21-19-18(8-11-32(19)31)26-22(27-21)29-9-3-4-16(7-10-29)20-24-12-17(13-25-20)15-5-6-15/h4,12-13,15,30H,3,5-11,14H2,1-2H3,(H,26,27,28)/t32-/m1/s1. The van der Waals surface area contributed by atoms with E-state index in [-0.39, 0.29) is 6.61 Å². The molecule has 1 fully saturated rings. The molecule has 8 nitrogen and oxygen atoms in total. The predicted molar refractivity (Wildman–Crippen MR) is 125 cm³/mol. The van der Waals surface area contributed by atoms with Gasteiger partial charge in [-0.2, -0.15) is 4.98 Å². The maximum absolute atomic E-state index is 12.6. The second-order valence-corrected chi connectivity index (χ2v) is 11.0. The van der Waals surface area contributed by atoms with Gasteiger partial charge in [0.05, 0.1) is 28.6 Å². The van der Waals surface area contributed by atoms with Crippen LogP contribution in [-0.4, -0.2) is 60.2 Å². The predicted octanol–water partition coefficient (Wildman–Crippen LogP) is 2.67. The molecule has 5 rings (SSSR count). The number of aryl methyl sites for hydroxylation is 1. The van der Waals surface area contributed by atoms with Crippen LogP contribution in [0.15, 0.2) is 23.4 Å². The number of aromatic nitrogens is 4. The minimum atomic E-state index is -1.11. The zero-order valence-corrected chi connectivity index (χ0v) is 19.5. The van der Waals surface area contributed by atoms with Crippen LogP contribution >= 0.6 is 0 Å². The first-order valence-corrected chi connectivity index (χ1v) is 12.7. The number of hydrogen-bond donors (Lipinski definition) is 2. The van der Waals surface area contributed by atoms with Crippen LogP contribution in [-0.2, 0) is 17.2 Å². The SMILES string of the molecule is CC(C)(CO)Nc1nc(N2CCC=C(c3ncc(C4CC4)cn3)CC2)nc2c1[S@](=O)CC2. The van der Waals surface area contributed by atoms with Crippen LogP contribution in [0.4, 0.5) is 11.8 Å². The normalized spacial score (nSPS) is 21.2. The summed E-state index contributed by atoms with van der Waals surface area (Å²) < 4.78 is 12.6. The minimum Gasteiger partial charge on any atom is -0.394 e. The van der Waals surface area contributed by atoms with Crippen molar-refractivity contribution in [2.24, 2.45) is 0 Å². The largest absolute Gasteiger partial charge is 0.394 e. The van der Waals surface area contributed by atoms with E-state index >= 15 is 0 Å². The lowest BCUT2D eigenvalue weighted by atomic mass is 10.1. The van der Waals surface area contributed by atoms with Gasteiger partial charge in [0.25, 0.3) is 0 Å². The summed E-state index contributed by atoms with van der Waals surface area (Å²) in [7, 11) is -1.11. The first kappa shape index (κ1) is 21.5. The Morgan fingerprint density at radius 2 is 1.97 bits per heavy atom. The van der Waals surface area contributed by atoms with Gasteiger partial charge in [-0.05, 0) is 56.6 Å². The van der Waals surface area contributed by atoms with E-state index in [9.17, 15) is 9.32 Å². The third-order valence-corrected chi connectivity index (χ3v) is 7.72. The third-order valence-electron chi connectivity index (χ3n) is 6.26. The monoisotopic (exact) mass is 454 g/mol. The summed E-state index contributed by atoms with van der Waals surface area (Å²) in [5.41, 5.74) is 2.70. The molecule has 9 heteroatoms. The molecule has 1 saturated carbocycles. The number of anilines is 2. The fourth-order valence-electron chi connectivity index (χ4n) is 4.17. The van der Waals surface area contributed by atoms with Gasteiger partial charge >= 0.3 is 0 Å². The van der Waals surface area contributed by atoms with Gasteiger partial charge in [-0.15, -0.1) is 0 Å². The van der Waals surface area contributed by atoms with E-state index in [2.05, 4.69) is 26.3 Å². The number of nitrogens with one attached hydrogen (secondary N) is 1. The van der Waals surface area contributed by atoms with Gasteiger partial charge in [0, 0.05) is 37.7 Å². The fourth-order valence-corrected chi connectivity index (χ4v) is 5.47. The van der Waals surface area contributed by atoms with E-state index in [1.807, 2.05) is 26.2 Å². The Bertz CT molecular complexity index is 1060. The molecule has 0 aromatic carbocycles. The molecule has 1 atom stereocenters. The zero-order valence-electron chi connectivity index (χ0n) is 18.7. The van der Waals surface area contributed by atoms with Crippen LogP contribution in [0.3, 0.4) is 0 Å². The molecule has 1 aliphatic carbocycles. The lowest BCUT2D eigenvalue weighted by Crippen LogP contribution is -2.36. The van der Waals surface area contributed by atoms with Gasteiger partial charge in [0.2, 0.25) is 5.95 Å². The van der Waals surface area contributed by atoms with Crippen molar-refractivity contribution in [2.45, 2.75) is 62.3 Å². The van der Waals surface area contributed by atoms with Crippen molar-refractivity contribution in [2.75, 3.05) is 35.7 Å². The molecule has 2 aromatic rings. The van der Waals surface area contributed by atoms with Gasteiger partial charge in [-0.25, -0.2) is 15.0 Å². The summed E-state index contributed by atoms with van der Waals surface area (Å²) in [5.74, 6) is 3.28. The fraction of sp³-hybridized carbons (Fsp3) is 0.565. The summed E-state index contributed by atoms with van der Waals surface area (Å²) in [4.78, 5) is 21.7. The number of fused-ring (bicyclic) bond motifs is 1. The van der Waals surface area contributed by atoms with Crippen molar-refractivity contribution in [3.63, 3.8) is 0 Å². The van der Waals surface area contributed by atoms with E-state index < -0.39 is 16.3 Å². The lowest BCUT2D eigenvalue weighted by Gasteiger charge is -2.27. The van der Waals surface area contributed by atoms with Crippen molar-refractivity contribution in [3.05, 3.63) is 35.6 Å². The number of hydrogen-bond acceptors (Lipinski definition) is 8. The highest BCUT2D eigenvalue weighted by molar-refractivity contribution is 7.85. The van der Waals surface area contributed by atoms with E-state index in [1.165, 1.54) is 18.4 Å². The lowest BCUT2D eigenvalue weighted by molar-refractivity contribution is 0.233. The summed E-state index contributed by atoms with van der Waals surface area (Å²) in [5, 5.41) is 13.0. The minimum absolute atomic E-state index is 0.0513. The van der Waals surface area contributed by atoms with Crippen molar-refractivity contribution in [3.8, 4) is 0 Å². The van der Waals surface area contributed by atoms with Crippen LogP contribution in [0.25, 0.3) is 5.57 Å². The van der Waals surface area contributed by atoms with E-state index in [1.54, 1.807) is 0 Å². The highest BCUT2D eigenvalue weighted by Crippen LogP contribution is 2.39. The molecule has 2 aromatic heterocycles. The molecular weight excluding hydrogens is 424 g/mol. The Morgan fingerprint density at radius 3 is 2.69 bits per heavy atom. The Balaban J connectivity index is 1.36. The molecule has 0 saturated heterocycles. The summed E-state index contributed by atoms with van der Waals surface area (Å²) >= 11 is 0. The van der Waals surface area contributed by atoms with Crippen LogP contribution in [0.2, 0.25) is 0 Å². The van der Waals surface area contributed by atoms with Crippen LogP contribution < -0.4 is 10.2 Å². The van der Waals surface area contributed by atoms with E-state index in [4.69, 9.17) is 9.97 Å². The van der Waals surface area contributed by atoms with Crippen molar-refractivity contribution < 1.29 is 9.32 Å². The summed E-state index contributed by atoms with van der Waals surface area (Å²) in [6.07, 6.45) is 11.1. The highest BCUT2D eigenvalue weighted by Gasteiger charge is 2.30. The van der Waals surface area contributed by atoms with Crippen molar-refractivity contribution in [1.29, 1.82) is 0 Å². The molecule has 0 unspecified atom stereocenters. The third kappa shape index (κ3) is 4.41. The first-order chi connectivity index (χ1) is 15.4. The zero-order chi connectivity index (χ0) is 22.3. The van der Waals surface area contributed by atoms with Crippen LogP contribution in [0.1, 0.15) is 62.5 Å². The molecule has 0 radical (unpaired) electrons. The molecule has 2 N–H and O–H groups in total. The molecule has 170 valence electrons. The smallest absolute Gasteiger partial charge is 0.227 e. The number of aliphatic hydroxyl groups is 1. The van der Waals surface area contributed by atoms with Crippen LogP contribution in [0, 0.1) is 0 Å². The number of nitrogens with zero attached hydrogens (tertiary/aromatic N) is 5. The Hall–Kier alpha value is -2.39. The highest BCUT2D eigenvalue weighted by atomic mass is 32.2. The second kappa shape index (κ2) is 8.51. The maximum atomic E-state index is 12.6. The van der Waals surface area contributed by atoms with Gasteiger partial charge in [-0.3, -0.25) is 4.21 Å². The van der Waals surface area contributed by atoms with Crippen molar-refractivity contribution >= 4 is 28.1 Å². The molecule has 2 aliphatic heterocycles. The quantitative estimate of drug-likeness (QED) is 0.687. The van der Waals surface area contributed by atoms with Gasteiger partial charge in [0.1, 0.15) is 10.7 Å². The molecule has 32 heavy (non-hydrogen) atoms. The van der Waals surface area contributed by atoms with Gasteiger partial charge < -0.3 is 15.3 Å². The maximum Gasteiger partial charge on any atom is 0.227 e. The van der Waals surface area contributed by atoms with Gasteiger partial charge in [0.15, 0.2) is 5.82 Å². The van der Waals surface area contributed by atoms with E-state index in [0.29, 0.717) is 34.8 Å². The molecule has 0 amide bonds. The number of rotatable bonds is 6. The summed E-state index contributed by atoms with van der Waals surface area (Å²) in [6.45, 7) is 5.31. The molecule has 4 heterocycles. The Kier molecular flexibility index (Phi) is 5.71. The molecule has 0 spiro atoms. The Morgan fingerprint density at radius 1 is 1.19 bits per heavy atom. The second-order valence-electron chi connectivity index (χ2n) is 9.48. The first-order valence-electron chi connectivity index (χ1n) is 11.4.